The number of rotatable bonds is 6. The summed E-state index contributed by atoms with van der Waals surface area (Å²) in [6.07, 6.45) is 0. The zero-order valence-electron chi connectivity index (χ0n) is 10.8. The summed E-state index contributed by atoms with van der Waals surface area (Å²) >= 11 is 7.56. The van der Waals surface area contributed by atoms with Gasteiger partial charge in [0, 0.05) is 10.8 Å². The molecule has 8 heteroatoms. The monoisotopic (exact) mass is 311 g/mol. The molecule has 2 aromatic rings. The van der Waals surface area contributed by atoms with Gasteiger partial charge in [0.25, 0.3) is 0 Å². The molecule has 6 nitrogen and oxygen atoms in total. The summed E-state index contributed by atoms with van der Waals surface area (Å²) in [5.74, 6) is 1.45. The van der Waals surface area contributed by atoms with Crippen molar-refractivity contribution >= 4 is 29.3 Å². The maximum Gasteiger partial charge on any atom is 0.230 e. The number of H-pyrrole nitrogens is 1. The van der Waals surface area contributed by atoms with Gasteiger partial charge in [0.2, 0.25) is 5.91 Å². The highest BCUT2D eigenvalue weighted by atomic mass is 35.5. The molecule has 1 aromatic carbocycles. The first-order valence-electron chi connectivity index (χ1n) is 6.00. The Bertz CT molecular complexity index is 563. The molecule has 0 radical (unpaired) electrons. The van der Waals surface area contributed by atoms with Crippen molar-refractivity contribution in [2.75, 3.05) is 5.75 Å². The summed E-state index contributed by atoms with van der Waals surface area (Å²) in [5, 5.41) is 17.0. The van der Waals surface area contributed by atoms with Gasteiger partial charge in [-0.25, -0.2) is 0 Å². The molecule has 0 aliphatic heterocycles. The van der Waals surface area contributed by atoms with Crippen LogP contribution in [-0.4, -0.2) is 32.3 Å². The summed E-state index contributed by atoms with van der Waals surface area (Å²) in [5.41, 5.74) is 1.03. The van der Waals surface area contributed by atoms with Crippen molar-refractivity contribution in [3.8, 4) is 0 Å². The van der Waals surface area contributed by atoms with Crippen LogP contribution in [0.15, 0.2) is 24.3 Å². The smallest absolute Gasteiger partial charge is 0.230 e. The van der Waals surface area contributed by atoms with Crippen LogP contribution in [0.4, 0.5) is 0 Å². The zero-order valence-corrected chi connectivity index (χ0v) is 12.4. The van der Waals surface area contributed by atoms with Gasteiger partial charge < -0.3 is 5.32 Å². The molecule has 1 atom stereocenters. The summed E-state index contributed by atoms with van der Waals surface area (Å²) in [6, 6.07) is 7.35. The number of nitrogens with one attached hydrogen (secondary N) is 2. The molecule has 0 saturated heterocycles. The Morgan fingerprint density at radius 2 is 2.30 bits per heavy atom. The fourth-order valence-corrected chi connectivity index (χ4v) is 2.69. The lowest BCUT2D eigenvalue weighted by Crippen LogP contribution is -2.28. The Hall–Kier alpha value is -1.60. The minimum absolute atomic E-state index is 0.0700. The average molecular weight is 312 g/mol. The molecule has 2 N–H and O–H groups in total. The van der Waals surface area contributed by atoms with Gasteiger partial charge >= 0.3 is 0 Å². The van der Waals surface area contributed by atoms with Crippen molar-refractivity contribution in [1.82, 2.24) is 25.9 Å². The number of benzene rings is 1. The molecule has 1 aromatic heterocycles. The molecule has 0 aliphatic carbocycles. The summed E-state index contributed by atoms with van der Waals surface area (Å²) < 4.78 is 0. The largest absolute Gasteiger partial charge is 0.345 e. The summed E-state index contributed by atoms with van der Waals surface area (Å²) in [7, 11) is 0. The number of amides is 1. The van der Waals surface area contributed by atoms with Crippen LogP contribution in [0.2, 0.25) is 5.02 Å². The van der Waals surface area contributed by atoms with Crippen LogP contribution in [0.1, 0.15) is 24.4 Å². The molecule has 1 amide bonds. The van der Waals surface area contributed by atoms with Crippen molar-refractivity contribution in [2.45, 2.75) is 18.7 Å². The van der Waals surface area contributed by atoms with E-state index in [1.165, 1.54) is 11.8 Å². The molecule has 0 aliphatic rings. The predicted molar refractivity (Wildman–Crippen MR) is 78.3 cm³/mol. The third-order valence-corrected chi connectivity index (χ3v) is 3.93. The van der Waals surface area contributed by atoms with E-state index in [-0.39, 0.29) is 11.9 Å². The second-order valence-corrected chi connectivity index (χ2v) is 5.54. The van der Waals surface area contributed by atoms with Gasteiger partial charge in [0.05, 0.1) is 11.8 Å². The predicted octanol–water partition coefficient (Wildman–Crippen LogP) is 1.96. The maximum atomic E-state index is 11.8. The van der Waals surface area contributed by atoms with E-state index < -0.39 is 0 Å². The van der Waals surface area contributed by atoms with E-state index in [2.05, 4.69) is 25.9 Å². The number of thioether (sulfide) groups is 1. The zero-order chi connectivity index (χ0) is 14.4. The van der Waals surface area contributed by atoms with Crippen molar-refractivity contribution in [3.05, 3.63) is 40.7 Å². The SMILES string of the molecule is C[C@H](NC(=O)CSCc1ccccc1Cl)c1nn[nH]n1. The van der Waals surface area contributed by atoms with Crippen molar-refractivity contribution in [3.63, 3.8) is 0 Å². The second-order valence-electron chi connectivity index (χ2n) is 4.14. The molecule has 20 heavy (non-hydrogen) atoms. The lowest BCUT2D eigenvalue weighted by Gasteiger charge is -2.09. The number of hydrogen-bond donors (Lipinski definition) is 2. The lowest BCUT2D eigenvalue weighted by atomic mass is 10.2. The number of halogens is 1. The summed E-state index contributed by atoms with van der Waals surface area (Å²) in [4.78, 5) is 11.8. The van der Waals surface area contributed by atoms with Gasteiger partial charge in [-0.05, 0) is 18.6 Å². The first-order valence-corrected chi connectivity index (χ1v) is 7.54. The third-order valence-electron chi connectivity index (χ3n) is 2.58. The quantitative estimate of drug-likeness (QED) is 0.852. The number of aromatic amines is 1. The highest BCUT2D eigenvalue weighted by molar-refractivity contribution is 7.99. The third kappa shape index (κ3) is 4.21. The van der Waals surface area contributed by atoms with E-state index in [1.54, 1.807) is 0 Å². The Kier molecular flexibility index (Phi) is 5.37. The number of hydrogen-bond acceptors (Lipinski definition) is 5. The fourth-order valence-electron chi connectivity index (χ4n) is 1.57. The van der Waals surface area contributed by atoms with Crippen LogP contribution in [-0.2, 0) is 10.5 Å². The van der Waals surface area contributed by atoms with Gasteiger partial charge in [0.15, 0.2) is 5.82 Å². The Morgan fingerprint density at radius 1 is 1.50 bits per heavy atom. The van der Waals surface area contributed by atoms with Gasteiger partial charge in [-0.2, -0.15) is 5.21 Å². The minimum atomic E-state index is -0.262. The molecule has 0 unspecified atom stereocenters. The Balaban J connectivity index is 1.74. The first kappa shape index (κ1) is 14.8. The molecule has 0 fully saturated rings. The van der Waals surface area contributed by atoms with E-state index in [9.17, 15) is 4.79 Å². The molecule has 0 bridgehead atoms. The van der Waals surface area contributed by atoms with E-state index in [0.717, 1.165) is 10.6 Å². The first-order chi connectivity index (χ1) is 9.66. The molecule has 106 valence electrons. The van der Waals surface area contributed by atoms with Gasteiger partial charge in [-0.15, -0.1) is 22.0 Å². The van der Waals surface area contributed by atoms with Crippen LogP contribution in [0.5, 0.6) is 0 Å². The average Bonchev–Trinajstić information content (AvgIpc) is 2.95. The van der Waals surface area contributed by atoms with E-state index in [4.69, 9.17) is 11.6 Å². The molecule has 0 saturated carbocycles. The minimum Gasteiger partial charge on any atom is -0.345 e. The highest BCUT2D eigenvalue weighted by Crippen LogP contribution is 2.20. The van der Waals surface area contributed by atoms with Crippen molar-refractivity contribution in [2.24, 2.45) is 0 Å². The van der Waals surface area contributed by atoms with Crippen molar-refractivity contribution in [1.29, 1.82) is 0 Å². The number of aromatic nitrogens is 4. The molecule has 1 heterocycles. The normalized spacial score (nSPS) is 12.1. The molecule has 2 rings (SSSR count). The van der Waals surface area contributed by atoms with Crippen molar-refractivity contribution < 1.29 is 4.79 Å². The number of tetrazole rings is 1. The van der Waals surface area contributed by atoms with Crippen LogP contribution in [0.25, 0.3) is 0 Å². The second kappa shape index (κ2) is 7.25. The van der Waals surface area contributed by atoms with Crippen LogP contribution < -0.4 is 5.32 Å². The van der Waals surface area contributed by atoms with E-state index >= 15 is 0 Å². The lowest BCUT2D eigenvalue weighted by molar-refractivity contribution is -0.119. The number of carbonyl (C=O) groups is 1. The van der Waals surface area contributed by atoms with Crippen LogP contribution in [0, 0.1) is 0 Å². The number of nitrogens with zero attached hydrogens (tertiary/aromatic N) is 3. The number of carbonyl (C=O) groups excluding carboxylic acids is 1. The standard InChI is InChI=1S/C12H14ClN5OS/c1-8(12-15-17-18-16-12)14-11(19)7-20-6-9-4-2-3-5-10(9)13/h2-5,8H,6-7H2,1H3,(H,14,19)(H,15,16,17,18)/t8-/m0/s1. The van der Waals surface area contributed by atoms with E-state index in [1.807, 2.05) is 31.2 Å². The maximum absolute atomic E-state index is 11.8. The summed E-state index contributed by atoms with van der Waals surface area (Å²) in [6.45, 7) is 1.81. The van der Waals surface area contributed by atoms with E-state index in [0.29, 0.717) is 17.3 Å². The molecular formula is C12H14ClN5OS. The Morgan fingerprint density at radius 3 is 3.00 bits per heavy atom. The van der Waals surface area contributed by atoms with Gasteiger partial charge in [-0.1, -0.05) is 35.0 Å². The Labute approximate surface area is 125 Å². The highest BCUT2D eigenvalue weighted by Gasteiger charge is 2.13. The molecule has 0 spiro atoms. The van der Waals surface area contributed by atoms with Gasteiger partial charge in [-0.3, -0.25) is 4.79 Å². The topological polar surface area (TPSA) is 83.6 Å². The fraction of sp³-hybridized carbons (Fsp3) is 0.333. The van der Waals surface area contributed by atoms with Crippen LogP contribution >= 0.6 is 23.4 Å². The van der Waals surface area contributed by atoms with Gasteiger partial charge in [0.1, 0.15) is 0 Å². The van der Waals surface area contributed by atoms with Crippen LogP contribution in [0.3, 0.4) is 0 Å². The molecular weight excluding hydrogens is 298 g/mol.